The maximum Gasteiger partial charge on any atom is 0.416 e. The molecular formula is C22H15Cl2F3N2O. The monoisotopic (exact) mass is 450 g/mol. The smallest absolute Gasteiger partial charge is 0.367 e. The number of anilines is 2. The van der Waals surface area contributed by atoms with E-state index in [0.29, 0.717) is 27.0 Å². The normalized spacial score (nSPS) is 18.1. The SMILES string of the molecule is O=C1Nc2cc(Cl)ccc2C1(Cc1cccc(Cl)c1)Nc1ccc(C(F)(F)F)cc1. The fourth-order valence-electron chi connectivity index (χ4n) is 3.63. The molecule has 3 nitrogen and oxygen atoms in total. The number of hydrogen-bond donors (Lipinski definition) is 2. The van der Waals surface area contributed by atoms with Crippen LogP contribution in [0.15, 0.2) is 66.7 Å². The molecule has 30 heavy (non-hydrogen) atoms. The van der Waals surface area contributed by atoms with Crippen molar-refractivity contribution in [1.29, 1.82) is 0 Å². The number of nitrogens with one attached hydrogen (secondary N) is 2. The van der Waals surface area contributed by atoms with Crippen molar-refractivity contribution >= 4 is 40.5 Å². The quantitative estimate of drug-likeness (QED) is 0.475. The third-order valence-corrected chi connectivity index (χ3v) is 5.48. The summed E-state index contributed by atoms with van der Waals surface area (Å²) in [5.41, 5.74) is 0.359. The lowest BCUT2D eigenvalue weighted by Gasteiger charge is -2.30. The van der Waals surface area contributed by atoms with Gasteiger partial charge in [0.25, 0.3) is 5.91 Å². The fourth-order valence-corrected chi connectivity index (χ4v) is 4.01. The summed E-state index contributed by atoms with van der Waals surface area (Å²) in [5.74, 6) is -0.334. The number of amides is 1. The summed E-state index contributed by atoms with van der Waals surface area (Å²) >= 11 is 12.2. The zero-order valence-corrected chi connectivity index (χ0v) is 16.9. The summed E-state index contributed by atoms with van der Waals surface area (Å²) in [6.07, 6.45) is -4.21. The predicted molar refractivity (Wildman–Crippen MR) is 112 cm³/mol. The molecule has 0 fully saturated rings. The highest BCUT2D eigenvalue weighted by Gasteiger charge is 2.47. The van der Waals surface area contributed by atoms with Crippen LogP contribution in [0.5, 0.6) is 0 Å². The van der Waals surface area contributed by atoms with Crippen molar-refractivity contribution in [1.82, 2.24) is 0 Å². The van der Waals surface area contributed by atoms with E-state index >= 15 is 0 Å². The summed E-state index contributed by atoms with van der Waals surface area (Å²) in [7, 11) is 0. The molecule has 3 aromatic rings. The number of rotatable bonds is 4. The minimum absolute atomic E-state index is 0.231. The third-order valence-electron chi connectivity index (χ3n) is 5.01. The van der Waals surface area contributed by atoms with Gasteiger partial charge in [0.1, 0.15) is 5.54 Å². The summed E-state index contributed by atoms with van der Waals surface area (Å²) in [6.45, 7) is 0. The van der Waals surface area contributed by atoms with E-state index in [4.69, 9.17) is 23.2 Å². The van der Waals surface area contributed by atoms with Gasteiger partial charge in [0.2, 0.25) is 0 Å². The molecule has 1 unspecified atom stereocenters. The minimum Gasteiger partial charge on any atom is -0.367 e. The van der Waals surface area contributed by atoms with Crippen LogP contribution in [0.4, 0.5) is 24.5 Å². The number of carbonyl (C=O) groups is 1. The molecule has 8 heteroatoms. The molecule has 154 valence electrons. The van der Waals surface area contributed by atoms with Crippen molar-refractivity contribution in [3.05, 3.63) is 93.5 Å². The van der Waals surface area contributed by atoms with Crippen molar-refractivity contribution < 1.29 is 18.0 Å². The molecule has 0 bridgehead atoms. The number of alkyl halides is 3. The fraction of sp³-hybridized carbons (Fsp3) is 0.136. The van der Waals surface area contributed by atoms with E-state index < -0.39 is 17.3 Å². The molecule has 0 saturated carbocycles. The van der Waals surface area contributed by atoms with Crippen LogP contribution in [0.25, 0.3) is 0 Å². The topological polar surface area (TPSA) is 41.1 Å². The van der Waals surface area contributed by atoms with Gasteiger partial charge in [0.15, 0.2) is 0 Å². The van der Waals surface area contributed by atoms with Crippen molar-refractivity contribution in [2.24, 2.45) is 0 Å². The van der Waals surface area contributed by atoms with Gasteiger partial charge in [0, 0.05) is 33.4 Å². The number of halogens is 5. The Bertz CT molecular complexity index is 1120. The van der Waals surface area contributed by atoms with Crippen LogP contribution in [0.1, 0.15) is 16.7 Å². The van der Waals surface area contributed by atoms with E-state index in [-0.39, 0.29) is 12.3 Å². The standard InChI is InChI=1S/C22H15Cl2F3N2O/c23-15-3-1-2-13(10-15)12-21(18-9-6-16(24)11-19(18)28-20(21)30)29-17-7-4-14(5-8-17)22(25,26)27/h1-11,29H,12H2,(H,28,30). The van der Waals surface area contributed by atoms with Gasteiger partial charge in [-0.15, -0.1) is 0 Å². The molecule has 0 spiro atoms. The first-order valence-electron chi connectivity index (χ1n) is 8.99. The van der Waals surface area contributed by atoms with Gasteiger partial charge < -0.3 is 10.6 Å². The van der Waals surface area contributed by atoms with E-state index in [0.717, 1.165) is 17.7 Å². The molecule has 1 aliphatic rings. The molecule has 1 aliphatic heterocycles. The van der Waals surface area contributed by atoms with Crippen LogP contribution >= 0.6 is 23.2 Å². The van der Waals surface area contributed by atoms with E-state index in [1.807, 2.05) is 6.07 Å². The van der Waals surface area contributed by atoms with Gasteiger partial charge in [-0.1, -0.05) is 41.4 Å². The van der Waals surface area contributed by atoms with Crippen LogP contribution in [0.3, 0.4) is 0 Å². The molecule has 0 radical (unpaired) electrons. The third kappa shape index (κ3) is 3.85. The van der Waals surface area contributed by atoms with Gasteiger partial charge >= 0.3 is 6.18 Å². The summed E-state index contributed by atoms with van der Waals surface area (Å²) < 4.78 is 38.7. The first-order valence-corrected chi connectivity index (χ1v) is 9.74. The number of hydrogen-bond acceptors (Lipinski definition) is 2. The second-order valence-corrected chi connectivity index (χ2v) is 7.93. The average Bonchev–Trinajstić information content (AvgIpc) is 2.92. The maximum atomic E-state index is 13.2. The lowest BCUT2D eigenvalue weighted by molar-refractivity contribution is -0.137. The summed E-state index contributed by atoms with van der Waals surface area (Å²) in [5, 5.41) is 6.96. The number of carbonyl (C=O) groups excluding carboxylic acids is 1. The average molecular weight is 451 g/mol. The Kier molecular flexibility index (Phi) is 5.16. The van der Waals surface area contributed by atoms with Gasteiger partial charge in [-0.2, -0.15) is 13.2 Å². The molecule has 2 N–H and O–H groups in total. The Labute approximate surface area is 180 Å². The van der Waals surface area contributed by atoms with Crippen molar-refractivity contribution in [2.45, 2.75) is 18.1 Å². The molecule has 1 heterocycles. The molecule has 4 rings (SSSR count). The van der Waals surface area contributed by atoms with Crippen LogP contribution in [-0.2, 0) is 22.9 Å². The van der Waals surface area contributed by atoms with Crippen molar-refractivity contribution in [2.75, 3.05) is 10.6 Å². The Balaban J connectivity index is 1.78. The van der Waals surface area contributed by atoms with E-state index in [1.54, 1.807) is 36.4 Å². The van der Waals surface area contributed by atoms with Crippen molar-refractivity contribution in [3.63, 3.8) is 0 Å². The van der Waals surface area contributed by atoms with Crippen molar-refractivity contribution in [3.8, 4) is 0 Å². The molecular weight excluding hydrogens is 436 g/mol. The summed E-state index contributed by atoms with van der Waals surface area (Å²) in [4.78, 5) is 13.2. The highest BCUT2D eigenvalue weighted by atomic mass is 35.5. The molecule has 0 aliphatic carbocycles. The Morgan fingerprint density at radius 1 is 0.933 bits per heavy atom. The zero-order valence-electron chi connectivity index (χ0n) is 15.4. The van der Waals surface area contributed by atoms with E-state index in [2.05, 4.69) is 10.6 Å². The molecule has 1 atom stereocenters. The van der Waals surface area contributed by atoms with Crippen LogP contribution in [-0.4, -0.2) is 5.91 Å². The van der Waals surface area contributed by atoms with Crippen LogP contribution in [0, 0.1) is 0 Å². The van der Waals surface area contributed by atoms with E-state index in [9.17, 15) is 18.0 Å². The van der Waals surface area contributed by atoms with Gasteiger partial charge in [-0.25, -0.2) is 0 Å². The largest absolute Gasteiger partial charge is 0.416 e. The van der Waals surface area contributed by atoms with Crippen LogP contribution < -0.4 is 10.6 Å². The zero-order chi connectivity index (χ0) is 21.5. The molecule has 1 amide bonds. The summed E-state index contributed by atoms with van der Waals surface area (Å²) in [6, 6.07) is 16.7. The lowest BCUT2D eigenvalue weighted by Crippen LogP contribution is -2.44. The number of benzene rings is 3. The Hall–Kier alpha value is -2.70. The van der Waals surface area contributed by atoms with Gasteiger partial charge in [-0.3, -0.25) is 4.79 Å². The lowest BCUT2D eigenvalue weighted by atomic mass is 9.84. The highest BCUT2D eigenvalue weighted by Crippen LogP contribution is 2.42. The highest BCUT2D eigenvalue weighted by molar-refractivity contribution is 6.31. The van der Waals surface area contributed by atoms with Gasteiger partial charge in [0.05, 0.1) is 5.56 Å². The number of fused-ring (bicyclic) bond motifs is 1. The van der Waals surface area contributed by atoms with E-state index in [1.165, 1.54) is 12.1 Å². The van der Waals surface area contributed by atoms with Crippen LogP contribution in [0.2, 0.25) is 10.0 Å². The first kappa shape index (κ1) is 20.6. The minimum atomic E-state index is -4.44. The molecule has 0 saturated heterocycles. The van der Waals surface area contributed by atoms with Gasteiger partial charge in [-0.05, 0) is 54.1 Å². The Morgan fingerprint density at radius 2 is 1.63 bits per heavy atom. The second kappa shape index (κ2) is 7.52. The maximum absolute atomic E-state index is 13.2. The molecule has 0 aromatic heterocycles. The Morgan fingerprint density at radius 3 is 2.30 bits per heavy atom. The first-order chi connectivity index (χ1) is 14.2. The second-order valence-electron chi connectivity index (χ2n) is 7.06. The predicted octanol–water partition coefficient (Wildman–Crippen LogP) is 6.51. The molecule has 3 aromatic carbocycles.